The van der Waals surface area contributed by atoms with E-state index in [1.165, 1.54) is 11.5 Å². The summed E-state index contributed by atoms with van der Waals surface area (Å²) in [6.07, 6.45) is 4.77. The van der Waals surface area contributed by atoms with Crippen LogP contribution in [0.25, 0.3) is 0 Å². The van der Waals surface area contributed by atoms with Crippen molar-refractivity contribution in [3.63, 3.8) is 0 Å². The molecular weight excluding hydrogens is 306 g/mol. The lowest BCUT2D eigenvalue weighted by Gasteiger charge is -2.19. The van der Waals surface area contributed by atoms with E-state index >= 15 is 0 Å². The Balaban J connectivity index is 2.42. The molecule has 0 aliphatic carbocycles. The van der Waals surface area contributed by atoms with Crippen molar-refractivity contribution in [1.82, 2.24) is 24.7 Å². The van der Waals surface area contributed by atoms with E-state index in [0.29, 0.717) is 5.02 Å². The van der Waals surface area contributed by atoms with Crippen molar-refractivity contribution in [3.8, 4) is 0 Å². The number of hydrogen-bond acceptors (Lipinski definition) is 5. The van der Waals surface area contributed by atoms with Crippen LogP contribution in [0, 0.1) is 0 Å². The van der Waals surface area contributed by atoms with E-state index in [9.17, 15) is 0 Å². The Hall–Kier alpha value is -0.980. The Morgan fingerprint density at radius 2 is 2.14 bits per heavy atom. The highest BCUT2D eigenvalue weighted by atomic mass is 35.5. The summed E-state index contributed by atoms with van der Waals surface area (Å²) >= 11 is 7.83. The van der Waals surface area contributed by atoms with E-state index in [1.807, 2.05) is 4.68 Å². The second-order valence-electron chi connectivity index (χ2n) is 4.91. The van der Waals surface area contributed by atoms with Gasteiger partial charge in [0, 0.05) is 6.54 Å². The summed E-state index contributed by atoms with van der Waals surface area (Å²) in [5.74, 6) is 0. The van der Waals surface area contributed by atoms with Crippen LogP contribution in [0.3, 0.4) is 0 Å². The fourth-order valence-electron chi connectivity index (χ4n) is 2.36. The van der Waals surface area contributed by atoms with E-state index < -0.39 is 0 Å². The zero-order valence-corrected chi connectivity index (χ0v) is 14.3. The van der Waals surface area contributed by atoms with Crippen molar-refractivity contribution < 1.29 is 0 Å². The van der Waals surface area contributed by atoms with Gasteiger partial charge in [-0.15, -0.1) is 5.10 Å². The second kappa shape index (κ2) is 7.87. The van der Waals surface area contributed by atoms with Gasteiger partial charge >= 0.3 is 0 Å². The molecule has 2 aromatic heterocycles. The summed E-state index contributed by atoms with van der Waals surface area (Å²) in [4.78, 5) is 1.16. The Morgan fingerprint density at radius 1 is 1.33 bits per heavy atom. The smallest absolute Gasteiger partial charge is 0.0892 e. The Morgan fingerprint density at radius 3 is 2.81 bits per heavy atom. The molecule has 1 unspecified atom stereocenters. The quantitative estimate of drug-likeness (QED) is 0.806. The van der Waals surface area contributed by atoms with E-state index in [-0.39, 0.29) is 6.04 Å². The zero-order valence-electron chi connectivity index (χ0n) is 12.8. The Bertz CT molecular complexity index is 565. The summed E-state index contributed by atoms with van der Waals surface area (Å²) in [6, 6.07) is 0.0152. The molecule has 1 atom stereocenters. The zero-order chi connectivity index (χ0) is 15.2. The molecule has 0 bridgehead atoms. The first-order chi connectivity index (χ1) is 10.2. The maximum atomic E-state index is 6.38. The highest BCUT2D eigenvalue weighted by Gasteiger charge is 2.26. The fraction of sp³-hybridized carbons (Fsp3) is 0.643. The summed E-state index contributed by atoms with van der Waals surface area (Å²) in [7, 11) is 0. The number of halogens is 1. The third-order valence-corrected chi connectivity index (χ3v) is 4.46. The van der Waals surface area contributed by atoms with Gasteiger partial charge in [0.1, 0.15) is 0 Å². The molecule has 21 heavy (non-hydrogen) atoms. The van der Waals surface area contributed by atoms with Crippen molar-refractivity contribution in [2.45, 2.75) is 52.6 Å². The average Bonchev–Trinajstić information content (AvgIpc) is 3.08. The van der Waals surface area contributed by atoms with Crippen LogP contribution < -0.4 is 5.32 Å². The molecule has 0 fully saturated rings. The predicted molar refractivity (Wildman–Crippen MR) is 87.0 cm³/mol. The molecule has 2 rings (SSSR count). The number of hydrogen-bond donors (Lipinski definition) is 1. The van der Waals surface area contributed by atoms with Gasteiger partial charge in [0.25, 0.3) is 0 Å². The van der Waals surface area contributed by atoms with Crippen LogP contribution in [-0.4, -0.2) is 25.9 Å². The molecule has 1 N–H and O–H groups in total. The summed E-state index contributed by atoms with van der Waals surface area (Å²) in [5.41, 5.74) is 2.08. The van der Waals surface area contributed by atoms with Gasteiger partial charge in [0.05, 0.1) is 33.5 Å². The molecule has 0 saturated carbocycles. The number of nitrogens with zero attached hydrogens (tertiary/aromatic N) is 4. The molecule has 0 radical (unpaired) electrons. The lowest BCUT2D eigenvalue weighted by molar-refractivity contribution is 0.531. The van der Waals surface area contributed by atoms with Gasteiger partial charge in [0.2, 0.25) is 0 Å². The van der Waals surface area contributed by atoms with Gasteiger partial charge in [-0.1, -0.05) is 36.4 Å². The Labute approximate surface area is 134 Å². The molecule has 2 aromatic rings. The minimum absolute atomic E-state index is 0.0152. The van der Waals surface area contributed by atoms with Crippen LogP contribution in [0.4, 0.5) is 0 Å². The maximum absolute atomic E-state index is 6.38. The first kappa shape index (κ1) is 16.4. The number of nitrogens with one attached hydrogen (secondary N) is 1. The van der Waals surface area contributed by atoms with Crippen LogP contribution in [-0.2, 0) is 13.0 Å². The molecule has 0 amide bonds. The van der Waals surface area contributed by atoms with Crippen LogP contribution in [0.2, 0.25) is 5.02 Å². The SMILES string of the molecule is CCCNC(c1snnc1CCC)c1c(Cl)cnn1CC. The van der Waals surface area contributed by atoms with Crippen molar-refractivity contribution in [1.29, 1.82) is 0 Å². The summed E-state index contributed by atoms with van der Waals surface area (Å²) < 4.78 is 6.09. The van der Waals surface area contributed by atoms with Gasteiger partial charge in [-0.25, -0.2) is 0 Å². The van der Waals surface area contributed by atoms with E-state index in [4.69, 9.17) is 11.6 Å². The summed E-state index contributed by atoms with van der Waals surface area (Å²) in [5, 5.41) is 12.9. The fourth-order valence-corrected chi connectivity index (χ4v) is 3.38. The molecule has 2 heterocycles. The number of rotatable bonds is 8. The highest BCUT2D eigenvalue weighted by molar-refractivity contribution is 7.05. The first-order valence-corrected chi connectivity index (χ1v) is 8.63. The summed E-state index contributed by atoms with van der Waals surface area (Å²) in [6.45, 7) is 8.09. The van der Waals surface area contributed by atoms with Crippen LogP contribution >= 0.6 is 23.1 Å². The largest absolute Gasteiger partial charge is 0.304 e. The van der Waals surface area contributed by atoms with Gasteiger partial charge < -0.3 is 5.32 Å². The normalized spacial score (nSPS) is 12.8. The van der Waals surface area contributed by atoms with E-state index in [1.54, 1.807) is 6.20 Å². The minimum Gasteiger partial charge on any atom is -0.304 e. The molecule has 0 spiro atoms. The number of aromatic nitrogens is 4. The van der Waals surface area contributed by atoms with Gasteiger partial charge in [-0.05, 0) is 37.8 Å². The highest BCUT2D eigenvalue weighted by Crippen LogP contribution is 2.32. The first-order valence-electron chi connectivity index (χ1n) is 7.48. The van der Waals surface area contributed by atoms with Gasteiger partial charge in [-0.3, -0.25) is 4.68 Å². The number of aryl methyl sites for hydroxylation is 2. The van der Waals surface area contributed by atoms with Gasteiger partial charge in [0.15, 0.2) is 0 Å². The molecule has 0 aliphatic rings. The van der Waals surface area contributed by atoms with Crippen molar-refractivity contribution >= 4 is 23.1 Å². The van der Waals surface area contributed by atoms with Crippen molar-refractivity contribution in [2.24, 2.45) is 0 Å². The van der Waals surface area contributed by atoms with Gasteiger partial charge in [-0.2, -0.15) is 5.10 Å². The van der Waals surface area contributed by atoms with Crippen LogP contribution in [0.5, 0.6) is 0 Å². The molecule has 7 heteroatoms. The van der Waals surface area contributed by atoms with Crippen LogP contribution in [0.15, 0.2) is 6.20 Å². The third kappa shape index (κ3) is 3.62. The maximum Gasteiger partial charge on any atom is 0.0892 e. The molecule has 0 aromatic carbocycles. The van der Waals surface area contributed by atoms with Crippen molar-refractivity contribution in [2.75, 3.05) is 6.54 Å². The predicted octanol–water partition coefficient (Wildman–Crippen LogP) is 3.45. The van der Waals surface area contributed by atoms with E-state index in [0.717, 1.165) is 48.6 Å². The molecule has 0 saturated heterocycles. The molecular formula is C14H22ClN5S. The van der Waals surface area contributed by atoms with Crippen molar-refractivity contribution in [3.05, 3.63) is 27.5 Å². The minimum atomic E-state index is 0.0152. The average molecular weight is 328 g/mol. The topological polar surface area (TPSA) is 55.6 Å². The molecule has 5 nitrogen and oxygen atoms in total. The second-order valence-corrected chi connectivity index (χ2v) is 6.11. The standard InChI is InChI=1S/C14H22ClN5S/c1-4-7-11-14(21-19-18-11)12(16-8-5-2)13-10(15)9-17-20(13)6-3/h9,12,16H,4-8H2,1-3H3. The molecule has 116 valence electrons. The lowest BCUT2D eigenvalue weighted by Crippen LogP contribution is -2.26. The molecule has 0 aliphatic heterocycles. The van der Waals surface area contributed by atoms with Crippen LogP contribution in [0.1, 0.15) is 55.9 Å². The third-order valence-electron chi connectivity index (χ3n) is 3.34. The Kier molecular flexibility index (Phi) is 6.14. The monoisotopic (exact) mass is 327 g/mol. The van der Waals surface area contributed by atoms with E-state index in [2.05, 4.69) is 40.8 Å². The lowest BCUT2D eigenvalue weighted by atomic mass is 10.1.